The smallest absolute Gasteiger partial charge is 0.0646 e. The van der Waals surface area contributed by atoms with E-state index in [0.29, 0.717) is 23.5 Å². The number of fused-ring (bicyclic) bond motifs is 2. The number of hydrogen-bond donors (Lipinski definition) is 0. The average molecular weight is 320 g/mol. The molecule has 1 aromatic carbocycles. The fraction of sp³-hybridized carbons (Fsp3) is 0.619. The summed E-state index contributed by atoms with van der Waals surface area (Å²) < 4.78 is 6.44. The minimum atomic E-state index is 0.353. The standard InChI is InChI=1S/C21H24N2O/c1-2-4-16-15(3-1)21-7-9-22-12-13-6-10-24-17-5-8-23(16)20(21)19(17)14(13)11-18(21)22/h1-4,12,14,17-20H,5-11H2/t14-,17-,18+,19+,20+,21-/m1/s1. The molecule has 6 atom stereocenters. The Bertz CT molecular complexity index is 773. The molecule has 6 aliphatic rings. The molecule has 1 aromatic rings. The van der Waals surface area contributed by atoms with Gasteiger partial charge in [0.2, 0.25) is 0 Å². The number of ether oxygens (including phenoxy) is 1. The number of piperidine rings is 1. The molecule has 5 aliphatic heterocycles. The van der Waals surface area contributed by atoms with Gasteiger partial charge in [-0.15, -0.1) is 0 Å². The van der Waals surface area contributed by atoms with Crippen LogP contribution in [0.25, 0.3) is 0 Å². The molecule has 1 saturated carbocycles. The summed E-state index contributed by atoms with van der Waals surface area (Å²) in [5, 5.41) is 0. The molecule has 3 saturated heterocycles. The molecule has 0 N–H and O–H groups in total. The quantitative estimate of drug-likeness (QED) is 0.731. The minimum absolute atomic E-state index is 0.353. The van der Waals surface area contributed by atoms with E-state index in [1.54, 1.807) is 16.8 Å². The van der Waals surface area contributed by atoms with Crippen LogP contribution in [0.2, 0.25) is 0 Å². The van der Waals surface area contributed by atoms with Crippen LogP contribution in [-0.2, 0) is 10.2 Å². The summed E-state index contributed by atoms with van der Waals surface area (Å²) in [6, 6.07) is 10.7. The van der Waals surface area contributed by atoms with Gasteiger partial charge < -0.3 is 14.5 Å². The second kappa shape index (κ2) is 4.01. The molecule has 7 rings (SSSR count). The Kier molecular flexibility index (Phi) is 2.14. The van der Waals surface area contributed by atoms with Gasteiger partial charge in [0.1, 0.15) is 0 Å². The molecule has 0 unspecified atom stereocenters. The fourth-order valence-corrected chi connectivity index (χ4v) is 7.63. The largest absolute Gasteiger partial charge is 0.377 e. The van der Waals surface area contributed by atoms with Gasteiger partial charge in [0.25, 0.3) is 0 Å². The van der Waals surface area contributed by atoms with Gasteiger partial charge in [-0.25, -0.2) is 0 Å². The summed E-state index contributed by atoms with van der Waals surface area (Å²) in [5.41, 5.74) is 5.25. The second-order valence-electron chi connectivity index (χ2n) is 8.77. The molecule has 0 amide bonds. The summed E-state index contributed by atoms with van der Waals surface area (Å²) in [6.07, 6.45) is 8.12. The van der Waals surface area contributed by atoms with Crippen LogP contribution in [0.4, 0.5) is 5.69 Å². The number of para-hydroxylation sites is 1. The Balaban J connectivity index is 1.54. The number of benzene rings is 1. The molecule has 0 radical (unpaired) electrons. The van der Waals surface area contributed by atoms with Crippen LogP contribution in [0.5, 0.6) is 0 Å². The molecule has 2 bridgehead atoms. The molecule has 3 heteroatoms. The Morgan fingerprint density at radius 2 is 2.12 bits per heavy atom. The summed E-state index contributed by atoms with van der Waals surface area (Å²) in [6.45, 7) is 3.37. The molecule has 124 valence electrons. The topological polar surface area (TPSA) is 15.7 Å². The number of rotatable bonds is 0. The molecular weight excluding hydrogens is 296 g/mol. The van der Waals surface area contributed by atoms with Crippen LogP contribution in [0.1, 0.15) is 31.2 Å². The third kappa shape index (κ3) is 1.21. The van der Waals surface area contributed by atoms with Crippen LogP contribution in [0.3, 0.4) is 0 Å². The van der Waals surface area contributed by atoms with Gasteiger partial charge in [-0.3, -0.25) is 0 Å². The third-order valence-corrected chi connectivity index (χ3v) is 8.28. The minimum Gasteiger partial charge on any atom is -0.377 e. The van der Waals surface area contributed by atoms with E-state index in [1.165, 1.54) is 32.4 Å². The van der Waals surface area contributed by atoms with Crippen LogP contribution in [-0.4, -0.2) is 42.8 Å². The van der Waals surface area contributed by atoms with Crippen molar-refractivity contribution < 1.29 is 4.74 Å². The molecule has 24 heavy (non-hydrogen) atoms. The maximum Gasteiger partial charge on any atom is 0.0646 e. The highest BCUT2D eigenvalue weighted by Gasteiger charge is 2.69. The van der Waals surface area contributed by atoms with E-state index >= 15 is 0 Å². The van der Waals surface area contributed by atoms with E-state index < -0.39 is 0 Å². The van der Waals surface area contributed by atoms with Crippen molar-refractivity contribution >= 4 is 5.69 Å². The molecular formula is C21H24N2O. The monoisotopic (exact) mass is 320 g/mol. The lowest BCUT2D eigenvalue weighted by Gasteiger charge is -2.58. The number of hydrogen-bond acceptors (Lipinski definition) is 3. The van der Waals surface area contributed by atoms with Crippen LogP contribution in [0, 0.1) is 11.8 Å². The van der Waals surface area contributed by atoms with E-state index in [9.17, 15) is 0 Å². The lowest BCUT2D eigenvalue weighted by atomic mass is 9.54. The highest BCUT2D eigenvalue weighted by Crippen LogP contribution is 2.65. The predicted molar refractivity (Wildman–Crippen MR) is 93.0 cm³/mol. The van der Waals surface area contributed by atoms with Gasteiger partial charge in [-0.2, -0.15) is 0 Å². The Morgan fingerprint density at radius 1 is 1.17 bits per heavy atom. The third-order valence-electron chi connectivity index (χ3n) is 8.28. The van der Waals surface area contributed by atoms with Crippen molar-refractivity contribution in [1.29, 1.82) is 0 Å². The first-order valence-corrected chi connectivity index (χ1v) is 9.82. The van der Waals surface area contributed by atoms with Crippen LogP contribution < -0.4 is 4.90 Å². The van der Waals surface area contributed by atoms with Gasteiger partial charge in [-0.1, -0.05) is 18.2 Å². The fourth-order valence-electron chi connectivity index (χ4n) is 7.63. The van der Waals surface area contributed by atoms with Gasteiger partial charge in [0, 0.05) is 42.2 Å². The first kappa shape index (κ1) is 12.8. The molecule has 3 nitrogen and oxygen atoms in total. The zero-order valence-electron chi connectivity index (χ0n) is 14.0. The summed E-state index contributed by atoms with van der Waals surface area (Å²) in [5.74, 6) is 1.48. The highest BCUT2D eigenvalue weighted by molar-refractivity contribution is 5.67. The Labute approximate surface area is 143 Å². The molecule has 4 fully saturated rings. The second-order valence-corrected chi connectivity index (χ2v) is 8.77. The molecule has 1 aliphatic carbocycles. The van der Waals surface area contributed by atoms with Gasteiger partial charge in [0.05, 0.1) is 12.7 Å². The summed E-state index contributed by atoms with van der Waals surface area (Å²) >= 11 is 0. The van der Waals surface area contributed by atoms with Crippen molar-refractivity contribution in [1.82, 2.24) is 4.90 Å². The van der Waals surface area contributed by atoms with Crippen molar-refractivity contribution in [3.8, 4) is 0 Å². The van der Waals surface area contributed by atoms with Crippen LogP contribution >= 0.6 is 0 Å². The predicted octanol–water partition coefficient (Wildman–Crippen LogP) is 2.91. The maximum atomic E-state index is 6.44. The normalized spacial score (nSPS) is 46.5. The van der Waals surface area contributed by atoms with Crippen molar-refractivity contribution in [2.24, 2.45) is 11.8 Å². The van der Waals surface area contributed by atoms with Crippen molar-refractivity contribution in [2.75, 3.05) is 24.6 Å². The van der Waals surface area contributed by atoms with Gasteiger partial charge in [-0.05, 0) is 55.0 Å². The lowest BCUT2D eigenvalue weighted by molar-refractivity contribution is -0.0489. The average Bonchev–Trinajstić information content (AvgIpc) is 3.08. The zero-order chi connectivity index (χ0) is 15.5. The SMILES string of the molecule is C1=C2CCO[C@@H]3CCN4c5ccccc5[C@]56CCN1[C@H]5C[C@H]2[C@@H]3[C@H]46. The number of anilines is 1. The Morgan fingerprint density at radius 3 is 3.12 bits per heavy atom. The van der Waals surface area contributed by atoms with Crippen LogP contribution in [0.15, 0.2) is 36.0 Å². The molecule has 0 aromatic heterocycles. The van der Waals surface area contributed by atoms with Gasteiger partial charge >= 0.3 is 0 Å². The van der Waals surface area contributed by atoms with Crippen molar-refractivity contribution in [3.63, 3.8) is 0 Å². The number of nitrogens with zero attached hydrogens (tertiary/aromatic N) is 2. The summed E-state index contributed by atoms with van der Waals surface area (Å²) in [7, 11) is 0. The maximum absolute atomic E-state index is 6.44. The first-order chi connectivity index (χ1) is 11.9. The van der Waals surface area contributed by atoms with E-state index in [0.717, 1.165) is 25.0 Å². The summed E-state index contributed by atoms with van der Waals surface area (Å²) in [4.78, 5) is 5.52. The van der Waals surface area contributed by atoms with E-state index in [-0.39, 0.29) is 0 Å². The first-order valence-electron chi connectivity index (χ1n) is 9.82. The zero-order valence-corrected chi connectivity index (χ0v) is 14.0. The van der Waals surface area contributed by atoms with Crippen molar-refractivity contribution in [3.05, 3.63) is 41.6 Å². The van der Waals surface area contributed by atoms with E-state index in [4.69, 9.17) is 4.74 Å². The van der Waals surface area contributed by atoms with E-state index in [1.807, 2.05) is 0 Å². The Hall–Kier alpha value is -1.48. The molecule has 5 heterocycles. The lowest BCUT2D eigenvalue weighted by Crippen LogP contribution is -2.66. The molecule has 1 spiro atoms. The van der Waals surface area contributed by atoms with Gasteiger partial charge in [0.15, 0.2) is 0 Å². The van der Waals surface area contributed by atoms with Crippen molar-refractivity contribution in [2.45, 2.75) is 49.3 Å². The van der Waals surface area contributed by atoms with E-state index in [2.05, 4.69) is 40.3 Å². The highest BCUT2D eigenvalue weighted by atomic mass is 16.5.